The highest BCUT2D eigenvalue weighted by molar-refractivity contribution is 7.16. The third-order valence-electron chi connectivity index (χ3n) is 4.19. The van der Waals surface area contributed by atoms with E-state index in [1.165, 1.54) is 0 Å². The van der Waals surface area contributed by atoms with Gasteiger partial charge in [0.05, 0.1) is 17.5 Å². The van der Waals surface area contributed by atoms with Gasteiger partial charge in [0.25, 0.3) is 5.91 Å². The van der Waals surface area contributed by atoms with E-state index in [1.807, 2.05) is 18.2 Å². The topological polar surface area (TPSA) is 72.5 Å². The second kappa shape index (κ2) is 6.41. The number of aryl methyl sites for hydroxylation is 1. The van der Waals surface area contributed by atoms with Crippen LogP contribution in [0.5, 0.6) is 5.75 Å². The first kappa shape index (κ1) is 15.4. The van der Waals surface area contributed by atoms with E-state index in [9.17, 15) is 4.79 Å². The predicted octanol–water partition coefficient (Wildman–Crippen LogP) is 3.04. The van der Waals surface area contributed by atoms with Crippen LogP contribution in [-0.4, -0.2) is 36.8 Å². The quantitative estimate of drug-likeness (QED) is 0.891. The Morgan fingerprint density at radius 3 is 3.21 bits per heavy atom. The Kier molecular flexibility index (Phi) is 4.12. The Morgan fingerprint density at radius 2 is 2.38 bits per heavy atom. The number of hydrogen-bond donors (Lipinski definition) is 2. The molecular weight excluding hydrogens is 326 g/mol. The first-order valence-corrected chi connectivity index (χ1v) is 8.90. The molecule has 4 rings (SSSR count). The van der Waals surface area contributed by atoms with Crippen LogP contribution in [0, 0.1) is 6.92 Å². The summed E-state index contributed by atoms with van der Waals surface area (Å²) in [5, 5.41) is 7.11. The number of nitrogens with zero attached hydrogens (tertiary/aromatic N) is 1. The lowest BCUT2D eigenvalue weighted by atomic mass is 10.1. The third-order valence-corrected chi connectivity index (χ3v) is 5.12. The number of benzene rings is 1. The lowest BCUT2D eigenvalue weighted by Crippen LogP contribution is -2.25. The number of carbonyl (C=O) groups excluding carboxylic acids is 1. The van der Waals surface area contributed by atoms with E-state index in [-0.39, 0.29) is 18.6 Å². The van der Waals surface area contributed by atoms with Gasteiger partial charge in [-0.3, -0.25) is 4.79 Å². The van der Waals surface area contributed by atoms with Gasteiger partial charge >= 0.3 is 0 Å². The molecule has 1 aromatic carbocycles. The third kappa shape index (κ3) is 3.09. The fourth-order valence-corrected chi connectivity index (χ4v) is 3.82. The maximum absolute atomic E-state index is 11.5. The van der Waals surface area contributed by atoms with E-state index in [0.29, 0.717) is 11.4 Å². The van der Waals surface area contributed by atoms with E-state index >= 15 is 0 Å². The van der Waals surface area contributed by atoms with Crippen LogP contribution in [0.1, 0.15) is 17.7 Å². The van der Waals surface area contributed by atoms with E-state index in [0.717, 1.165) is 47.3 Å². The van der Waals surface area contributed by atoms with Gasteiger partial charge in [0.2, 0.25) is 0 Å². The van der Waals surface area contributed by atoms with Crippen LogP contribution in [0.15, 0.2) is 18.2 Å². The van der Waals surface area contributed by atoms with Gasteiger partial charge in [-0.2, -0.15) is 0 Å². The zero-order chi connectivity index (χ0) is 16.5. The fraction of sp³-hybridized carbons (Fsp3) is 0.412. The minimum atomic E-state index is -0.131. The van der Waals surface area contributed by atoms with Gasteiger partial charge in [0, 0.05) is 23.6 Å². The Balaban J connectivity index is 1.53. The van der Waals surface area contributed by atoms with Gasteiger partial charge in [0.15, 0.2) is 11.7 Å². The van der Waals surface area contributed by atoms with Crippen molar-refractivity contribution in [3.63, 3.8) is 0 Å². The normalized spacial score (nSPS) is 19.5. The first-order chi connectivity index (χ1) is 11.7. The van der Waals surface area contributed by atoms with Crippen molar-refractivity contribution in [2.24, 2.45) is 0 Å². The van der Waals surface area contributed by atoms with Crippen molar-refractivity contribution in [3.8, 4) is 17.0 Å². The molecule has 0 unspecified atom stereocenters. The predicted molar refractivity (Wildman–Crippen MR) is 93.9 cm³/mol. The molecule has 2 aliphatic rings. The molecule has 126 valence electrons. The Morgan fingerprint density at radius 1 is 1.46 bits per heavy atom. The number of carbonyl (C=O) groups is 1. The molecule has 0 saturated carbocycles. The zero-order valence-electron chi connectivity index (χ0n) is 13.4. The minimum Gasteiger partial charge on any atom is -0.482 e. The number of fused-ring (bicyclic) bond motifs is 1. The van der Waals surface area contributed by atoms with Gasteiger partial charge in [-0.15, -0.1) is 11.3 Å². The van der Waals surface area contributed by atoms with Crippen LogP contribution in [0.3, 0.4) is 0 Å². The summed E-state index contributed by atoms with van der Waals surface area (Å²) >= 11 is 1.63. The van der Waals surface area contributed by atoms with Crippen molar-refractivity contribution in [1.29, 1.82) is 0 Å². The van der Waals surface area contributed by atoms with Crippen molar-refractivity contribution in [3.05, 3.63) is 23.1 Å². The molecule has 0 bridgehead atoms. The summed E-state index contributed by atoms with van der Waals surface area (Å²) in [4.78, 5) is 17.3. The number of ether oxygens (including phenoxy) is 2. The molecule has 0 radical (unpaired) electrons. The zero-order valence-corrected chi connectivity index (χ0v) is 14.2. The number of aromatic nitrogens is 1. The molecule has 2 aromatic rings. The number of hydrogen-bond acceptors (Lipinski definition) is 6. The lowest BCUT2D eigenvalue weighted by Gasteiger charge is -2.18. The highest BCUT2D eigenvalue weighted by Gasteiger charge is 2.19. The van der Waals surface area contributed by atoms with E-state index in [1.54, 1.807) is 11.3 Å². The second-order valence-electron chi connectivity index (χ2n) is 5.99. The number of amides is 1. The molecule has 0 spiro atoms. The monoisotopic (exact) mass is 345 g/mol. The molecular formula is C17H19N3O3S. The van der Waals surface area contributed by atoms with Crippen LogP contribution >= 0.6 is 11.3 Å². The summed E-state index contributed by atoms with van der Waals surface area (Å²) in [6.45, 7) is 3.77. The molecule has 7 heteroatoms. The number of nitrogens with one attached hydrogen (secondary N) is 2. The molecule has 1 fully saturated rings. The van der Waals surface area contributed by atoms with Crippen LogP contribution in [0.4, 0.5) is 10.8 Å². The summed E-state index contributed by atoms with van der Waals surface area (Å²) in [6, 6.07) is 5.77. The average Bonchev–Trinajstić information content (AvgIpc) is 3.21. The average molecular weight is 345 g/mol. The van der Waals surface area contributed by atoms with Gasteiger partial charge < -0.3 is 20.1 Å². The van der Waals surface area contributed by atoms with Crippen molar-refractivity contribution in [1.82, 2.24) is 4.98 Å². The maximum Gasteiger partial charge on any atom is 0.262 e. The first-order valence-electron chi connectivity index (χ1n) is 8.09. The second-order valence-corrected chi connectivity index (χ2v) is 7.19. The molecule has 0 aliphatic carbocycles. The summed E-state index contributed by atoms with van der Waals surface area (Å²) in [7, 11) is 0. The van der Waals surface area contributed by atoms with Crippen LogP contribution in [0.2, 0.25) is 0 Å². The van der Waals surface area contributed by atoms with Crippen LogP contribution in [0.25, 0.3) is 11.3 Å². The SMILES string of the molecule is Cc1sc(NC[C@@H]2CCCO2)nc1-c1ccc2c(c1)NC(=O)CO2. The molecule has 1 aromatic heterocycles. The Hall–Kier alpha value is -2.12. The van der Waals surface area contributed by atoms with Gasteiger partial charge in [0.1, 0.15) is 5.75 Å². The number of anilines is 2. The van der Waals surface area contributed by atoms with Gasteiger partial charge in [-0.05, 0) is 38.0 Å². The van der Waals surface area contributed by atoms with Crippen molar-refractivity contribution in [2.75, 3.05) is 30.4 Å². The molecule has 6 nitrogen and oxygen atoms in total. The number of rotatable bonds is 4. The highest BCUT2D eigenvalue weighted by Crippen LogP contribution is 2.36. The van der Waals surface area contributed by atoms with Crippen molar-refractivity contribution < 1.29 is 14.3 Å². The summed E-state index contributed by atoms with van der Waals surface area (Å²) in [5.41, 5.74) is 2.60. The van der Waals surface area contributed by atoms with Gasteiger partial charge in [-0.25, -0.2) is 4.98 Å². The fourth-order valence-electron chi connectivity index (χ4n) is 2.98. The summed E-state index contributed by atoms with van der Waals surface area (Å²) in [6.07, 6.45) is 2.53. The summed E-state index contributed by atoms with van der Waals surface area (Å²) in [5.74, 6) is 0.566. The molecule has 24 heavy (non-hydrogen) atoms. The molecule has 1 atom stereocenters. The van der Waals surface area contributed by atoms with E-state index in [4.69, 9.17) is 14.5 Å². The largest absolute Gasteiger partial charge is 0.482 e. The minimum absolute atomic E-state index is 0.0688. The lowest BCUT2D eigenvalue weighted by molar-refractivity contribution is -0.118. The van der Waals surface area contributed by atoms with Crippen LogP contribution in [-0.2, 0) is 9.53 Å². The smallest absolute Gasteiger partial charge is 0.262 e. The van der Waals surface area contributed by atoms with Gasteiger partial charge in [-0.1, -0.05) is 0 Å². The highest BCUT2D eigenvalue weighted by atomic mass is 32.1. The van der Waals surface area contributed by atoms with Crippen molar-refractivity contribution in [2.45, 2.75) is 25.9 Å². The summed E-state index contributed by atoms with van der Waals surface area (Å²) < 4.78 is 11.0. The van der Waals surface area contributed by atoms with Crippen LogP contribution < -0.4 is 15.4 Å². The molecule has 1 amide bonds. The molecule has 2 N–H and O–H groups in total. The molecule has 1 saturated heterocycles. The Labute approximate surface area is 144 Å². The van der Waals surface area contributed by atoms with Crippen molar-refractivity contribution >= 4 is 28.1 Å². The molecule has 3 heterocycles. The standard InChI is InChI=1S/C17H19N3O3S/c1-10-16(20-17(24-10)18-8-12-3-2-6-22-12)11-4-5-14-13(7-11)19-15(21)9-23-14/h4-5,7,12H,2-3,6,8-9H2,1H3,(H,18,20)(H,19,21)/t12-/m0/s1. The Bertz CT molecular complexity index is 768. The van der Waals surface area contributed by atoms with E-state index < -0.39 is 0 Å². The molecule has 2 aliphatic heterocycles. The van der Waals surface area contributed by atoms with E-state index in [2.05, 4.69) is 17.6 Å². The number of thiazole rings is 1. The maximum atomic E-state index is 11.5.